The molecule has 0 aliphatic carbocycles. The maximum Gasteiger partial charge on any atom is 0.330 e. The Bertz CT molecular complexity index is 731. The van der Waals surface area contributed by atoms with Crippen molar-refractivity contribution < 1.29 is 29.1 Å². The molecule has 1 unspecified atom stereocenters. The number of hydrogen-bond donors (Lipinski definition) is 4. The average molecular weight is 426 g/mol. The standard InChI is InChI=1S/C18H26N4O6S/c1-12(14-4-3-9-29-14)22-28-11-15(24)21-18(5-7-19-8-6-18)17(26)20-13(10-23)16(25)27-2/h3-4,9,13,19,23H,5-8,10-11H2,1-2H3,(H,20,26)(H,21,24)/b22-12-. The molecule has 2 heterocycles. The third kappa shape index (κ3) is 6.24. The molecule has 29 heavy (non-hydrogen) atoms. The zero-order valence-corrected chi connectivity index (χ0v) is 17.2. The Balaban J connectivity index is 1.99. The van der Waals surface area contributed by atoms with Crippen molar-refractivity contribution in [2.45, 2.75) is 31.3 Å². The van der Waals surface area contributed by atoms with Crippen LogP contribution in [0.2, 0.25) is 0 Å². The third-order valence-corrected chi connectivity index (χ3v) is 5.50. The summed E-state index contributed by atoms with van der Waals surface area (Å²) in [6.45, 7) is 1.82. The molecule has 11 heteroatoms. The predicted molar refractivity (Wildman–Crippen MR) is 106 cm³/mol. The number of oxime groups is 1. The van der Waals surface area contributed by atoms with Gasteiger partial charge in [0.1, 0.15) is 5.54 Å². The quantitative estimate of drug-likeness (QED) is 0.234. The number of aliphatic hydroxyl groups excluding tert-OH is 1. The Hall–Kier alpha value is -2.50. The number of piperidine rings is 1. The second kappa shape index (κ2) is 10.9. The maximum absolute atomic E-state index is 12.8. The molecular formula is C18H26N4O6S. The lowest BCUT2D eigenvalue weighted by Gasteiger charge is -2.37. The average Bonchev–Trinajstić information content (AvgIpc) is 3.26. The van der Waals surface area contributed by atoms with E-state index in [-0.39, 0.29) is 6.61 Å². The van der Waals surface area contributed by atoms with Gasteiger partial charge in [0.2, 0.25) is 5.91 Å². The van der Waals surface area contributed by atoms with Gasteiger partial charge < -0.3 is 30.6 Å². The zero-order valence-electron chi connectivity index (χ0n) is 16.4. The molecule has 1 fully saturated rings. The van der Waals surface area contributed by atoms with Gasteiger partial charge in [-0.2, -0.15) is 0 Å². The fraction of sp³-hybridized carbons (Fsp3) is 0.556. The number of thiophene rings is 1. The van der Waals surface area contributed by atoms with Gasteiger partial charge in [-0.3, -0.25) is 9.59 Å². The summed E-state index contributed by atoms with van der Waals surface area (Å²) in [5.41, 5.74) is -0.578. The van der Waals surface area contributed by atoms with Crippen LogP contribution in [0.25, 0.3) is 0 Å². The Morgan fingerprint density at radius 1 is 1.38 bits per heavy atom. The Morgan fingerprint density at radius 2 is 2.10 bits per heavy atom. The number of methoxy groups -OCH3 is 1. The lowest BCUT2D eigenvalue weighted by Crippen LogP contribution is -2.65. The van der Waals surface area contributed by atoms with Crippen molar-refractivity contribution in [3.8, 4) is 0 Å². The first-order chi connectivity index (χ1) is 13.9. The van der Waals surface area contributed by atoms with E-state index in [1.165, 1.54) is 11.3 Å². The number of amides is 2. The lowest BCUT2D eigenvalue weighted by molar-refractivity contribution is -0.147. The number of nitrogens with zero attached hydrogens (tertiary/aromatic N) is 1. The lowest BCUT2D eigenvalue weighted by atomic mass is 9.86. The van der Waals surface area contributed by atoms with Crippen LogP contribution < -0.4 is 16.0 Å². The van der Waals surface area contributed by atoms with Crippen molar-refractivity contribution in [2.75, 3.05) is 33.4 Å². The van der Waals surface area contributed by atoms with Crippen LogP contribution in [0.1, 0.15) is 24.6 Å². The molecule has 160 valence electrons. The SMILES string of the molecule is COC(=O)C(CO)NC(=O)C1(NC(=O)CO/N=C(/C)c2cccs2)CCNCC1. The summed E-state index contributed by atoms with van der Waals surface area (Å²) in [4.78, 5) is 42.9. The fourth-order valence-electron chi connectivity index (χ4n) is 2.90. The van der Waals surface area contributed by atoms with E-state index in [0.717, 1.165) is 12.0 Å². The fourth-order valence-corrected chi connectivity index (χ4v) is 3.57. The Labute approximate surface area is 172 Å². The van der Waals surface area contributed by atoms with Crippen LogP contribution in [-0.4, -0.2) is 73.6 Å². The molecule has 1 saturated heterocycles. The van der Waals surface area contributed by atoms with Gasteiger partial charge in [-0.25, -0.2) is 4.79 Å². The molecule has 1 aromatic heterocycles. The minimum absolute atomic E-state index is 0.321. The molecule has 0 spiro atoms. The summed E-state index contributed by atoms with van der Waals surface area (Å²) >= 11 is 1.50. The topological polar surface area (TPSA) is 138 Å². The van der Waals surface area contributed by atoms with Crippen LogP contribution in [0.4, 0.5) is 0 Å². The minimum atomic E-state index is -1.22. The van der Waals surface area contributed by atoms with Gasteiger partial charge in [0.25, 0.3) is 5.91 Å². The molecule has 0 aromatic carbocycles. The van der Waals surface area contributed by atoms with Crippen LogP contribution in [-0.2, 0) is 24.0 Å². The van der Waals surface area contributed by atoms with Crippen molar-refractivity contribution in [2.24, 2.45) is 5.16 Å². The molecule has 2 amide bonds. The van der Waals surface area contributed by atoms with Gasteiger partial charge >= 0.3 is 5.97 Å². The summed E-state index contributed by atoms with van der Waals surface area (Å²) in [5, 5.41) is 23.5. The summed E-state index contributed by atoms with van der Waals surface area (Å²) < 4.78 is 4.56. The van der Waals surface area contributed by atoms with Crippen LogP contribution >= 0.6 is 11.3 Å². The summed E-state index contributed by atoms with van der Waals surface area (Å²) in [6, 6.07) is 2.57. The number of rotatable bonds is 9. The molecule has 2 rings (SSSR count). The highest BCUT2D eigenvalue weighted by Gasteiger charge is 2.42. The number of carbonyl (C=O) groups is 3. The number of hydrogen-bond acceptors (Lipinski definition) is 9. The molecule has 1 atom stereocenters. The number of aliphatic hydroxyl groups is 1. The highest BCUT2D eigenvalue weighted by molar-refractivity contribution is 7.12. The van der Waals surface area contributed by atoms with E-state index < -0.39 is 36.0 Å². The normalized spacial score (nSPS) is 17.1. The van der Waals surface area contributed by atoms with Crippen molar-refractivity contribution in [1.29, 1.82) is 0 Å². The summed E-state index contributed by atoms with van der Waals surface area (Å²) in [5.74, 6) is -1.84. The molecule has 0 bridgehead atoms. The van der Waals surface area contributed by atoms with Crippen LogP contribution in [0.15, 0.2) is 22.7 Å². The van der Waals surface area contributed by atoms with E-state index in [2.05, 4.69) is 25.8 Å². The molecule has 10 nitrogen and oxygen atoms in total. The summed E-state index contributed by atoms with van der Waals surface area (Å²) in [6.07, 6.45) is 0.642. The third-order valence-electron chi connectivity index (χ3n) is 4.52. The molecule has 4 N–H and O–H groups in total. The van der Waals surface area contributed by atoms with E-state index in [9.17, 15) is 19.5 Å². The van der Waals surface area contributed by atoms with Crippen molar-refractivity contribution >= 4 is 34.8 Å². The largest absolute Gasteiger partial charge is 0.467 e. The number of carbonyl (C=O) groups excluding carboxylic acids is 3. The molecular weight excluding hydrogens is 400 g/mol. The molecule has 1 aromatic rings. The first kappa shape index (κ1) is 22.8. The molecule has 0 radical (unpaired) electrons. The number of esters is 1. The summed E-state index contributed by atoms with van der Waals surface area (Å²) in [7, 11) is 1.16. The Morgan fingerprint density at radius 3 is 2.69 bits per heavy atom. The van der Waals surface area contributed by atoms with Gasteiger partial charge in [-0.15, -0.1) is 11.3 Å². The first-order valence-electron chi connectivity index (χ1n) is 9.13. The zero-order chi connectivity index (χ0) is 21.3. The number of nitrogens with one attached hydrogen (secondary N) is 3. The van der Waals surface area contributed by atoms with Crippen LogP contribution in [0.5, 0.6) is 0 Å². The highest BCUT2D eigenvalue weighted by atomic mass is 32.1. The first-order valence-corrected chi connectivity index (χ1v) is 10.0. The molecule has 1 aliphatic heterocycles. The smallest absolute Gasteiger partial charge is 0.330 e. The minimum Gasteiger partial charge on any atom is -0.467 e. The van der Waals surface area contributed by atoms with Crippen molar-refractivity contribution in [1.82, 2.24) is 16.0 Å². The van der Waals surface area contributed by atoms with Crippen LogP contribution in [0, 0.1) is 0 Å². The van der Waals surface area contributed by atoms with E-state index in [4.69, 9.17) is 4.84 Å². The maximum atomic E-state index is 12.8. The van der Waals surface area contributed by atoms with Gasteiger partial charge in [-0.1, -0.05) is 11.2 Å². The monoisotopic (exact) mass is 426 g/mol. The van der Waals surface area contributed by atoms with Gasteiger partial charge in [0, 0.05) is 0 Å². The van der Waals surface area contributed by atoms with Crippen molar-refractivity contribution in [3.05, 3.63) is 22.4 Å². The molecule has 1 aliphatic rings. The molecule has 0 saturated carbocycles. The van der Waals surface area contributed by atoms with E-state index in [1.54, 1.807) is 6.92 Å². The second-order valence-electron chi connectivity index (χ2n) is 6.54. The van der Waals surface area contributed by atoms with Gasteiger partial charge in [0.05, 0.1) is 24.3 Å². The predicted octanol–water partition coefficient (Wildman–Crippen LogP) is -0.623. The Kier molecular flexibility index (Phi) is 8.55. The van der Waals surface area contributed by atoms with Crippen molar-refractivity contribution in [3.63, 3.8) is 0 Å². The van der Waals surface area contributed by atoms with Crippen LogP contribution in [0.3, 0.4) is 0 Å². The van der Waals surface area contributed by atoms with E-state index >= 15 is 0 Å². The van der Waals surface area contributed by atoms with E-state index in [1.807, 2.05) is 17.5 Å². The van der Waals surface area contributed by atoms with Gasteiger partial charge in [0.15, 0.2) is 12.6 Å². The second-order valence-corrected chi connectivity index (χ2v) is 7.49. The van der Waals surface area contributed by atoms with E-state index in [0.29, 0.717) is 31.6 Å². The highest BCUT2D eigenvalue weighted by Crippen LogP contribution is 2.19. The number of ether oxygens (including phenoxy) is 1. The van der Waals surface area contributed by atoms with Gasteiger partial charge in [-0.05, 0) is 44.3 Å².